The average molecular weight is 417 g/mol. The Balaban J connectivity index is 1.50. The Morgan fingerprint density at radius 1 is 1.36 bits per heavy atom. The molecule has 1 amide bonds. The minimum Gasteiger partial charge on any atom is -0.444 e. The topological polar surface area (TPSA) is 47.4 Å². The van der Waals surface area contributed by atoms with Crippen molar-refractivity contribution in [3.8, 4) is 0 Å². The third-order valence-corrected chi connectivity index (χ3v) is 5.31. The number of ether oxygens (including phenoxy) is 1. The summed E-state index contributed by atoms with van der Waals surface area (Å²) in [6.45, 7) is 7.38. The standard InChI is InChI=1S/C16H24IN3O2/c1-15(2,3)22-14(21)19-6-4-16(5-7-19)8-13(9-16)20-11-12(17)10-18-20/h10-11,13H,4-9H2,1-3H3. The molecule has 1 spiro atoms. The first kappa shape index (κ1) is 16.1. The highest BCUT2D eigenvalue weighted by atomic mass is 127. The van der Waals surface area contributed by atoms with Crippen LogP contribution in [0.3, 0.4) is 0 Å². The summed E-state index contributed by atoms with van der Waals surface area (Å²) in [6.07, 6.45) is 8.41. The van der Waals surface area contributed by atoms with E-state index in [0.29, 0.717) is 11.5 Å². The maximum absolute atomic E-state index is 12.1. The highest BCUT2D eigenvalue weighted by Crippen LogP contribution is 2.54. The lowest BCUT2D eigenvalue weighted by atomic mass is 9.60. The maximum atomic E-state index is 12.1. The summed E-state index contributed by atoms with van der Waals surface area (Å²) in [5.74, 6) is 0. The SMILES string of the molecule is CC(C)(C)OC(=O)N1CCC2(CC1)CC(n1cc(I)cn1)C2. The summed E-state index contributed by atoms with van der Waals surface area (Å²) < 4.78 is 8.76. The van der Waals surface area contributed by atoms with Crippen molar-refractivity contribution in [2.75, 3.05) is 13.1 Å². The second-order valence-corrected chi connectivity index (χ2v) is 8.91. The highest BCUT2D eigenvalue weighted by molar-refractivity contribution is 14.1. The largest absolute Gasteiger partial charge is 0.444 e. The van der Waals surface area contributed by atoms with Crippen molar-refractivity contribution in [3.05, 3.63) is 16.0 Å². The normalized spacial score (nSPS) is 21.7. The van der Waals surface area contributed by atoms with Crippen LogP contribution in [0.1, 0.15) is 52.5 Å². The molecular weight excluding hydrogens is 393 g/mol. The number of hydrogen-bond acceptors (Lipinski definition) is 3. The Morgan fingerprint density at radius 3 is 2.50 bits per heavy atom. The van der Waals surface area contributed by atoms with Crippen LogP contribution in [0.15, 0.2) is 12.4 Å². The van der Waals surface area contributed by atoms with E-state index >= 15 is 0 Å². The minimum absolute atomic E-state index is 0.167. The smallest absolute Gasteiger partial charge is 0.410 e. The van der Waals surface area contributed by atoms with Crippen molar-refractivity contribution >= 4 is 28.7 Å². The molecule has 0 N–H and O–H groups in total. The quantitative estimate of drug-likeness (QED) is 0.653. The first-order chi connectivity index (χ1) is 10.3. The predicted octanol–water partition coefficient (Wildman–Crippen LogP) is 3.84. The molecule has 6 heteroatoms. The molecule has 1 saturated carbocycles. The molecule has 0 radical (unpaired) electrons. The van der Waals surface area contributed by atoms with Crippen LogP contribution >= 0.6 is 22.6 Å². The molecule has 0 unspecified atom stereocenters. The van der Waals surface area contributed by atoms with Crippen molar-refractivity contribution in [2.24, 2.45) is 5.41 Å². The zero-order chi connectivity index (χ0) is 16.0. The first-order valence-corrected chi connectivity index (χ1v) is 9.02. The van der Waals surface area contributed by atoms with Gasteiger partial charge in [0, 0.05) is 19.3 Å². The van der Waals surface area contributed by atoms with Crippen molar-refractivity contribution in [1.82, 2.24) is 14.7 Å². The predicted molar refractivity (Wildman–Crippen MR) is 92.7 cm³/mol. The lowest BCUT2D eigenvalue weighted by Gasteiger charge is -2.52. The number of likely N-dealkylation sites (tertiary alicyclic amines) is 1. The van der Waals surface area contributed by atoms with Gasteiger partial charge in [0.05, 0.1) is 15.8 Å². The van der Waals surface area contributed by atoms with Crippen LogP contribution in [0.2, 0.25) is 0 Å². The van der Waals surface area contributed by atoms with Crippen molar-refractivity contribution in [2.45, 2.75) is 58.1 Å². The third-order valence-electron chi connectivity index (χ3n) is 4.76. The molecule has 1 aromatic rings. The summed E-state index contributed by atoms with van der Waals surface area (Å²) in [4.78, 5) is 14.0. The molecule has 1 aromatic heterocycles. The van der Waals surface area contributed by atoms with Crippen LogP contribution in [0.5, 0.6) is 0 Å². The first-order valence-electron chi connectivity index (χ1n) is 7.94. The summed E-state index contributed by atoms with van der Waals surface area (Å²) in [7, 11) is 0. The van der Waals surface area contributed by atoms with Gasteiger partial charge in [0.15, 0.2) is 0 Å². The van der Waals surface area contributed by atoms with Gasteiger partial charge in [-0.1, -0.05) is 0 Å². The molecule has 22 heavy (non-hydrogen) atoms. The number of aromatic nitrogens is 2. The molecule has 2 heterocycles. The minimum atomic E-state index is -0.412. The van der Waals surface area contributed by atoms with Gasteiger partial charge in [0.2, 0.25) is 0 Å². The van der Waals surface area contributed by atoms with Gasteiger partial charge in [-0.05, 0) is 74.5 Å². The Hall–Kier alpha value is -0.790. The summed E-state index contributed by atoms with van der Waals surface area (Å²) in [6, 6.07) is 0.539. The van der Waals surface area contributed by atoms with Crippen LogP contribution < -0.4 is 0 Å². The molecule has 5 nitrogen and oxygen atoms in total. The van der Waals surface area contributed by atoms with E-state index in [4.69, 9.17) is 4.74 Å². The molecule has 0 aromatic carbocycles. The van der Waals surface area contributed by atoms with Crippen LogP contribution in [0.25, 0.3) is 0 Å². The molecule has 0 bridgehead atoms. The second-order valence-electron chi connectivity index (χ2n) is 7.67. The highest BCUT2D eigenvalue weighted by Gasteiger charge is 2.47. The summed E-state index contributed by atoms with van der Waals surface area (Å²) >= 11 is 2.30. The monoisotopic (exact) mass is 417 g/mol. The average Bonchev–Trinajstić information content (AvgIpc) is 2.80. The molecule has 2 fully saturated rings. The van der Waals surface area contributed by atoms with E-state index in [1.165, 1.54) is 16.4 Å². The Bertz CT molecular complexity index is 548. The van der Waals surface area contributed by atoms with Gasteiger partial charge < -0.3 is 9.64 Å². The van der Waals surface area contributed by atoms with Gasteiger partial charge in [-0.15, -0.1) is 0 Å². The number of nitrogens with zero attached hydrogens (tertiary/aromatic N) is 3. The zero-order valence-electron chi connectivity index (χ0n) is 13.5. The van der Waals surface area contributed by atoms with Gasteiger partial charge in [-0.2, -0.15) is 5.10 Å². The second kappa shape index (κ2) is 5.69. The summed E-state index contributed by atoms with van der Waals surface area (Å²) in [5, 5.41) is 4.42. The van der Waals surface area contributed by atoms with Gasteiger partial charge in [-0.3, -0.25) is 4.68 Å². The number of piperidine rings is 1. The van der Waals surface area contributed by atoms with Crippen molar-refractivity contribution in [3.63, 3.8) is 0 Å². The molecule has 1 saturated heterocycles. The molecule has 0 atom stereocenters. The molecule has 122 valence electrons. The maximum Gasteiger partial charge on any atom is 0.410 e. The van der Waals surface area contributed by atoms with Gasteiger partial charge in [0.25, 0.3) is 0 Å². The lowest BCUT2D eigenvalue weighted by molar-refractivity contribution is -0.0258. The van der Waals surface area contributed by atoms with Crippen molar-refractivity contribution in [1.29, 1.82) is 0 Å². The van der Waals surface area contributed by atoms with E-state index in [1.54, 1.807) is 0 Å². The molecule has 3 rings (SSSR count). The Kier molecular flexibility index (Phi) is 4.16. The lowest BCUT2D eigenvalue weighted by Crippen LogP contribution is -2.50. The zero-order valence-corrected chi connectivity index (χ0v) is 15.7. The van der Waals surface area contributed by atoms with E-state index in [1.807, 2.05) is 31.9 Å². The van der Waals surface area contributed by atoms with Crippen LogP contribution in [-0.2, 0) is 4.74 Å². The Morgan fingerprint density at radius 2 is 2.00 bits per heavy atom. The van der Waals surface area contributed by atoms with E-state index in [-0.39, 0.29) is 6.09 Å². The fourth-order valence-electron chi connectivity index (χ4n) is 3.54. The van der Waals surface area contributed by atoms with Gasteiger partial charge >= 0.3 is 6.09 Å². The van der Waals surface area contributed by atoms with E-state index in [0.717, 1.165) is 25.9 Å². The third kappa shape index (κ3) is 3.41. The molecule has 1 aliphatic heterocycles. The number of hydrogen-bond donors (Lipinski definition) is 0. The van der Waals surface area contributed by atoms with E-state index < -0.39 is 5.60 Å². The molecule has 1 aliphatic carbocycles. The van der Waals surface area contributed by atoms with E-state index in [2.05, 4.69) is 38.6 Å². The van der Waals surface area contributed by atoms with Crippen LogP contribution in [0, 0.1) is 8.99 Å². The fraction of sp³-hybridized carbons (Fsp3) is 0.750. The van der Waals surface area contributed by atoms with Crippen LogP contribution in [-0.4, -0.2) is 39.5 Å². The number of halogens is 1. The Labute approximate surface area is 145 Å². The molecule has 2 aliphatic rings. The molecular formula is C16H24IN3O2. The number of rotatable bonds is 1. The summed E-state index contributed by atoms with van der Waals surface area (Å²) in [5.41, 5.74) is 0.00554. The van der Waals surface area contributed by atoms with E-state index in [9.17, 15) is 4.79 Å². The fourth-order valence-corrected chi connectivity index (χ4v) is 3.95. The van der Waals surface area contributed by atoms with Crippen molar-refractivity contribution < 1.29 is 9.53 Å². The van der Waals surface area contributed by atoms with Gasteiger partial charge in [-0.25, -0.2) is 4.79 Å². The number of amides is 1. The van der Waals surface area contributed by atoms with Crippen LogP contribution in [0.4, 0.5) is 4.79 Å². The number of carbonyl (C=O) groups is 1. The number of carbonyl (C=O) groups excluding carboxylic acids is 1. The van der Waals surface area contributed by atoms with Gasteiger partial charge in [0.1, 0.15) is 5.60 Å².